The van der Waals surface area contributed by atoms with E-state index in [-0.39, 0.29) is 12.4 Å². The molecule has 0 saturated carbocycles. The number of hydrogen-bond donors (Lipinski definition) is 1. The SMILES string of the molecule is CCOC(=O)[C@@](C#N)(c1ccccc1)N(O)c1ccccn1. The highest BCUT2D eigenvalue weighted by molar-refractivity contribution is 5.89. The van der Waals surface area contributed by atoms with Crippen molar-refractivity contribution in [3.63, 3.8) is 0 Å². The predicted molar refractivity (Wildman–Crippen MR) is 78.9 cm³/mol. The van der Waals surface area contributed by atoms with Gasteiger partial charge in [0.1, 0.15) is 6.07 Å². The van der Waals surface area contributed by atoms with Crippen molar-refractivity contribution in [2.45, 2.75) is 12.5 Å². The van der Waals surface area contributed by atoms with E-state index in [9.17, 15) is 15.3 Å². The summed E-state index contributed by atoms with van der Waals surface area (Å²) in [7, 11) is 0. The van der Waals surface area contributed by atoms with E-state index in [2.05, 4.69) is 4.98 Å². The summed E-state index contributed by atoms with van der Waals surface area (Å²) in [5.74, 6) is -0.794. The van der Waals surface area contributed by atoms with Crippen LogP contribution in [-0.2, 0) is 15.1 Å². The molecule has 1 atom stereocenters. The Bertz CT molecular complexity index is 670. The van der Waals surface area contributed by atoms with Crippen molar-refractivity contribution in [3.8, 4) is 6.07 Å². The van der Waals surface area contributed by atoms with Crippen LogP contribution in [0.3, 0.4) is 0 Å². The van der Waals surface area contributed by atoms with Crippen LogP contribution in [0.25, 0.3) is 0 Å². The summed E-state index contributed by atoms with van der Waals surface area (Å²) in [6.45, 7) is 1.72. The molecule has 0 aliphatic rings. The van der Waals surface area contributed by atoms with Gasteiger partial charge in [-0.3, -0.25) is 5.21 Å². The summed E-state index contributed by atoms with van der Waals surface area (Å²) in [4.78, 5) is 16.4. The minimum absolute atomic E-state index is 0.0703. The summed E-state index contributed by atoms with van der Waals surface area (Å²) in [6.07, 6.45) is 1.46. The molecule has 0 saturated heterocycles. The standard InChI is InChI=1S/C16H15N3O3/c1-2-22-15(20)16(12-17,13-8-4-3-5-9-13)19(21)14-10-6-7-11-18-14/h3-11,21H,2H2,1H3/t16-/m1/s1. The number of carbonyl (C=O) groups is 1. The van der Waals surface area contributed by atoms with E-state index in [0.29, 0.717) is 10.6 Å². The van der Waals surface area contributed by atoms with Gasteiger partial charge in [0.25, 0.3) is 5.54 Å². The number of benzene rings is 1. The van der Waals surface area contributed by atoms with Crippen LogP contribution in [0.5, 0.6) is 0 Å². The average Bonchev–Trinajstić information content (AvgIpc) is 2.58. The van der Waals surface area contributed by atoms with Crippen molar-refractivity contribution in [3.05, 3.63) is 60.3 Å². The Hall–Kier alpha value is -2.91. The van der Waals surface area contributed by atoms with Gasteiger partial charge in [-0.05, 0) is 19.1 Å². The number of anilines is 1. The predicted octanol–water partition coefficient (Wildman–Crippen LogP) is 2.26. The Kier molecular flexibility index (Phi) is 4.71. The second-order valence-electron chi connectivity index (χ2n) is 4.41. The normalized spacial score (nSPS) is 12.8. The van der Waals surface area contributed by atoms with Gasteiger partial charge in [0.05, 0.1) is 6.61 Å². The summed E-state index contributed by atoms with van der Waals surface area (Å²) >= 11 is 0. The number of ether oxygens (including phenoxy) is 1. The van der Waals surface area contributed by atoms with E-state index in [1.165, 1.54) is 12.3 Å². The molecule has 22 heavy (non-hydrogen) atoms. The van der Waals surface area contributed by atoms with Crippen LogP contribution in [0.4, 0.5) is 5.82 Å². The van der Waals surface area contributed by atoms with Gasteiger partial charge in [0.15, 0.2) is 5.82 Å². The average molecular weight is 297 g/mol. The highest BCUT2D eigenvalue weighted by Gasteiger charge is 2.49. The number of nitrogens with zero attached hydrogens (tertiary/aromatic N) is 3. The van der Waals surface area contributed by atoms with Crippen molar-refractivity contribution in [2.75, 3.05) is 11.7 Å². The molecule has 1 aromatic heterocycles. The van der Waals surface area contributed by atoms with Gasteiger partial charge in [-0.1, -0.05) is 36.4 Å². The zero-order valence-electron chi connectivity index (χ0n) is 12.0. The van der Waals surface area contributed by atoms with Crippen LogP contribution < -0.4 is 5.06 Å². The first-order valence-corrected chi connectivity index (χ1v) is 6.71. The van der Waals surface area contributed by atoms with Gasteiger partial charge < -0.3 is 4.74 Å². The second kappa shape index (κ2) is 6.70. The lowest BCUT2D eigenvalue weighted by atomic mass is 9.90. The number of nitriles is 1. The van der Waals surface area contributed by atoms with Gasteiger partial charge >= 0.3 is 5.97 Å². The third-order valence-electron chi connectivity index (χ3n) is 3.11. The minimum Gasteiger partial charge on any atom is -0.463 e. The summed E-state index contributed by atoms with van der Waals surface area (Å²) < 4.78 is 5.00. The fourth-order valence-corrected chi connectivity index (χ4v) is 2.05. The van der Waals surface area contributed by atoms with Crippen LogP contribution in [0.2, 0.25) is 0 Å². The molecular formula is C16H15N3O3. The van der Waals surface area contributed by atoms with Crippen LogP contribution in [-0.4, -0.2) is 22.8 Å². The number of aromatic nitrogens is 1. The molecule has 6 nitrogen and oxygen atoms in total. The van der Waals surface area contributed by atoms with Gasteiger partial charge in [-0.15, -0.1) is 0 Å². The molecule has 0 fully saturated rings. The van der Waals surface area contributed by atoms with Crippen molar-refractivity contribution in [2.24, 2.45) is 0 Å². The molecule has 0 unspecified atom stereocenters. The number of esters is 1. The Balaban J connectivity index is 2.59. The largest absolute Gasteiger partial charge is 0.463 e. The third kappa shape index (κ3) is 2.62. The van der Waals surface area contributed by atoms with Crippen LogP contribution >= 0.6 is 0 Å². The summed E-state index contributed by atoms with van der Waals surface area (Å²) in [5.41, 5.74) is -1.73. The molecule has 2 rings (SSSR count). The zero-order chi connectivity index (χ0) is 16.0. The van der Waals surface area contributed by atoms with E-state index in [0.717, 1.165) is 0 Å². The molecular weight excluding hydrogens is 282 g/mol. The van der Waals surface area contributed by atoms with E-state index >= 15 is 0 Å². The van der Waals surface area contributed by atoms with Crippen molar-refractivity contribution < 1.29 is 14.7 Å². The Labute approximate surface area is 128 Å². The van der Waals surface area contributed by atoms with Crippen molar-refractivity contribution in [1.82, 2.24) is 4.98 Å². The van der Waals surface area contributed by atoms with Crippen molar-refractivity contribution >= 4 is 11.8 Å². The number of hydrogen-bond acceptors (Lipinski definition) is 6. The maximum atomic E-state index is 12.4. The lowest BCUT2D eigenvalue weighted by Gasteiger charge is -2.32. The molecule has 6 heteroatoms. The summed E-state index contributed by atoms with van der Waals surface area (Å²) in [6, 6.07) is 14.9. The molecule has 1 heterocycles. The third-order valence-corrected chi connectivity index (χ3v) is 3.11. The lowest BCUT2D eigenvalue weighted by Crippen LogP contribution is -2.51. The molecule has 2 aromatic rings. The van der Waals surface area contributed by atoms with E-state index in [1.807, 2.05) is 6.07 Å². The first-order valence-electron chi connectivity index (χ1n) is 6.71. The molecule has 0 aliphatic heterocycles. The zero-order valence-corrected chi connectivity index (χ0v) is 12.0. The molecule has 1 aromatic carbocycles. The second-order valence-corrected chi connectivity index (χ2v) is 4.41. The van der Waals surface area contributed by atoms with E-state index < -0.39 is 11.5 Å². The topological polar surface area (TPSA) is 86.5 Å². The molecule has 0 radical (unpaired) electrons. The minimum atomic E-state index is -2.02. The molecule has 0 aliphatic carbocycles. The fourth-order valence-electron chi connectivity index (χ4n) is 2.05. The number of pyridine rings is 1. The monoisotopic (exact) mass is 297 g/mol. The van der Waals surface area contributed by atoms with Crippen molar-refractivity contribution in [1.29, 1.82) is 5.26 Å². The number of rotatable bonds is 5. The van der Waals surface area contributed by atoms with E-state index in [1.54, 1.807) is 49.4 Å². The van der Waals surface area contributed by atoms with Gasteiger partial charge in [-0.2, -0.15) is 5.26 Å². The Morgan fingerprint density at radius 3 is 2.55 bits per heavy atom. The molecule has 0 amide bonds. The van der Waals surface area contributed by atoms with Crippen LogP contribution in [0.15, 0.2) is 54.7 Å². The summed E-state index contributed by atoms with van der Waals surface area (Å²) in [5, 5.41) is 20.7. The number of hydroxylamine groups is 1. The van der Waals surface area contributed by atoms with Crippen LogP contribution in [0.1, 0.15) is 12.5 Å². The van der Waals surface area contributed by atoms with Crippen LogP contribution in [0, 0.1) is 11.3 Å². The highest BCUT2D eigenvalue weighted by atomic mass is 16.6. The first kappa shape index (κ1) is 15.5. The highest BCUT2D eigenvalue weighted by Crippen LogP contribution is 2.31. The quantitative estimate of drug-likeness (QED) is 0.673. The fraction of sp³-hybridized carbons (Fsp3) is 0.188. The molecule has 0 spiro atoms. The van der Waals surface area contributed by atoms with Gasteiger partial charge in [0, 0.05) is 11.8 Å². The van der Waals surface area contributed by atoms with Gasteiger partial charge in [0.2, 0.25) is 0 Å². The molecule has 112 valence electrons. The maximum Gasteiger partial charge on any atom is 0.354 e. The molecule has 0 bridgehead atoms. The Morgan fingerprint density at radius 2 is 2.00 bits per heavy atom. The van der Waals surface area contributed by atoms with Gasteiger partial charge in [-0.25, -0.2) is 14.8 Å². The lowest BCUT2D eigenvalue weighted by molar-refractivity contribution is -0.150. The first-order chi connectivity index (χ1) is 10.7. The van der Waals surface area contributed by atoms with E-state index in [4.69, 9.17) is 4.74 Å². The number of carbonyl (C=O) groups excluding carboxylic acids is 1. The maximum absolute atomic E-state index is 12.4. The molecule has 1 N–H and O–H groups in total. The smallest absolute Gasteiger partial charge is 0.354 e. The Morgan fingerprint density at radius 1 is 1.32 bits per heavy atom.